The van der Waals surface area contributed by atoms with E-state index in [2.05, 4.69) is 12.2 Å². The van der Waals surface area contributed by atoms with E-state index >= 15 is 0 Å². The molecule has 0 radical (unpaired) electrons. The van der Waals surface area contributed by atoms with Crippen molar-refractivity contribution in [1.29, 1.82) is 0 Å². The van der Waals surface area contributed by atoms with E-state index in [9.17, 15) is 0 Å². The molecule has 1 rings (SSSR count). The summed E-state index contributed by atoms with van der Waals surface area (Å²) in [5.41, 5.74) is 0. The Hall–Kier alpha value is -0.0800. The standard InChI is InChI=1S/C9H19NO/c1-7-4-3-5-9(7)10-8(2)6-11/h7-11H,3-6H2,1-2H3/t7?,8-,9?/m1/s1. The normalized spacial score (nSPS) is 34.1. The fourth-order valence-electron chi connectivity index (χ4n) is 1.81. The van der Waals surface area contributed by atoms with E-state index in [4.69, 9.17) is 5.11 Å². The lowest BCUT2D eigenvalue weighted by Crippen LogP contribution is -2.39. The quantitative estimate of drug-likeness (QED) is 0.644. The maximum absolute atomic E-state index is 8.82. The molecule has 0 aromatic carbocycles. The highest BCUT2D eigenvalue weighted by Gasteiger charge is 2.23. The van der Waals surface area contributed by atoms with Crippen LogP contribution in [0.1, 0.15) is 33.1 Å². The molecule has 0 aromatic heterocycles. The summed E-state index contributed by atoms with van der Waals surface area (Å²) in [4.78, 5) is 0. The van der Waals surface area contributed by atoms with Gasteiger partial charge in [-0.25, -0.2) is 0 Å². The molecule has 2 unspecified atom stereocenters. The molecule has 1 aliphatic carbocycles. The molecule has 0 amide bonds. The van der Waals surface area contributed by atoms with Gasteiger partial charge in [0.05, 0.1) is 6.61 Å². The van der Waals surface area contributed by atoms with Crippen LogP contribution in [0.3, 0.4) is 0 Å². The Kier molecular flexibility index (Phi) is 3.34. The molecule has 3 atom stereocenters. The van der Waals surface area contributed by atoms with Crippen LogP contribution in [0.2, 0.25) is 0 Å². The Balaban J connectivity index is 2.24. The van der Waals surface area contributed by atoms with Crippen molar-refractivity contribution in [2.75, 3.05) is 6.61 Å². The summed E-state index contributed by atoms with van der Waals surface area (Å²) in [6.07, 6.45) is 3.97. The van der Waals surface area contributed by atoms with Crippen molar-refractivity contribution in [2.24, 2.45) is 5.92 Å². The number of rotatable bonds is 3. The fraction of sp³-hybridized carbons (Fsp3) is 1.00. The predicted octanol–water partition coefficient (Wildman–Crippen LogP) is 1.15. The van der Waals surface area contributed by atoms with Gasteiger partial charge in [0, 0.05) is 12.1 Å². The molecule has 2 nitrogen and oxygen atoms in total. The topological polar surface area (TPSA) is 32.3 Å². The Morgan fingerprint density at radius 2 is 2.27 bits per heavy atom. The van der Waals surface area contributed by atoms with Gasteiger partial charge >= 0.3 is 0 Å². The summed E-state index contributed by atoms with van der Waals surface area (Å²) in [5.74, 6) is 0.795. The van der Waals surface area contributed by atoms with Gasteiger partial charge in [-0.2, -0.15) is 0 Å². The molecule has 1 saturated carbocycles. The molecule has 0 spiro atoms. The van der Waals surface area contributed by atoms with Crippen molar-refractivity contribution in [1.82, 2.24) is 5.32 Å². The molecule has 0 aromatic rings. The lowest BCUT2D eigenvalue weighted by atomic mass is 10.1. The fourth-order valence-corrected chi connectivity index (χ4v) is 1.81. The van der Waals surface area contributed by atoms with Crippen molar-refractivity contribution < 1.29 is 5.11 Å². The third-order valence-corrected chi connectivity index (χ3v) is 2.63. The first-order valence-electron chi connectivity index (χ1n) is 4.61. The summed E-state index contributed by atoms with van der Waals surface area (Å²) in [6, 6.07) is 0.915. The van der Waals surface area contributed by atoms with Gasteiger partial charge in [-0.1, -0.05) is 13.3 Å². The zero-order valence-corrected chi connectivity index (χ0v) is 7.51. The third kappa shape index (κ3) is 2.46. The van der Waals surface area contributed by atoms with E-state index in [1.165, 1.54) is 19.3 Å². The largest absolute Gasteiger partial charge is 0.395 e. The van der Waals surface area contributed by atoms with Crippen LogP contribution in [-0.2, 0) is 0 Å². The second-order valence-corrected chi connectivity index (χ2v) is 3.76. The monoisotopic (exact) mass is 157 g/mol. The molecular weight excluding hydrogens is 138 g/mol. The minimum absolute atomic E-state index is 0.253. The Morgan fingerprint density at radius 3 is 2.73 bits per heavy atom. The Morgan fingerprint density at radius 1 is 1.55 bits per heavy atom. The molecule has 0 aliphatic heterocycles. The molecule has 66 valence electrons. The molecule has 11 heavy (non-hydrogen) atoms. The number of hydrogen-bond acceptors (Lipinski definition) is 2. The Bertz CT molecular complexity index is 116. The van der Waals surface area contributed by atoms with Crippen LogP contribution in [0.25, 0.3) is 0 Å². The lowest BCUT2D eigenvalue weighted by molar-refractivity contribution is 0.232. The van der Waals surface area contributed by atoms with Crippen molar-refractivity contribution in [3.05, 3.63) is 0 Å². The Labute approximate surface area is 69.0 Å². The molecule has 0 heterocycles. The van der Waals surface area contributed by atoms with E-state index in [0.29, 0.717) is 6.04 Å². The summed E-state index contributed by atoms with van der Waals surface area (Å²) < 4.78 is 0. The van der Waals surface area contributed by atoms with Gasteiger partial charge in [0.15, 0.2) is 0 Å². The van der Waals surface area contributed by atoms with E-state index in [1.54, 1.807) is 0 Å². The minimum Gasteiger partial charge on any atom is -0.395 e. The second kappa shape index (κ2) is 4.07. The summed E-state index contributed by atoms with van der Waals surface area (Å²) in [5, 5.41) is 12.2. The van der Waals surface area contributed by atoms with E-state index < -0.39 is 0 Å². The van der Waals surface area contributed by atoms with E-state index in [0.717, 1.165) is 5.92 Å². The van der Waals surface area contributed by atoms with Crippen LogP contribution in [0.5, 0.6) is 0 Å². The minimum atomic E-state index is 0.253. The average Bonchev–Trinajstić information content (AvgIpc) is 2.37. The van der Waals surface area contributed by atoms with Gasteiger partial charge in [0.2, 0.25) is 0 Å². The number of nitrogens with one attached hydrogen (secondary N) is 1. The number of aliphatic hydroxyl groups is 1. The van der Waals surface area contributed by atoms with Crippen molar-refractivity contribution in [3.63, 3.8) is 0 Å². The first-order valence-corrected chi connectivity index (χ1v) is 4.61. The predicted molar refractivity (Wildman–Crippen MR) is 46.5 cm³/mol. The lowest BCUT2D eigenvalue weighted by Gasteiger charge is -2.21. The van der Waals surface area contributed by atoms with Crippen LogP contribution in [0.15, 0.2) is 0 Å². The van der Waals surface area contributed by atoms with E-state index in [1.807, 2.05) is 6.92 Å². The summed E-state index contributed by atoms with van der Waals surface area (Å²) >= 11 is 0. The molecule has 2 heteroatoms. The van der Waals surface area contributed by atoms with Gasteiger partial charge in [-0.05, 0) is 25.7 Å². The van der Waals surface area contributed by atoms with Crippen LogP contribution < -0.4 is 5.32 Å². The highest BCUT2D eigenvalue weighted by atomic mass is 16.3. The maximum Gasteiger partial charge on any atom is 0.0582 e. The van der Waals surface area contributed by atoms with Crippen molar-refractivity contribution in [2.45, 2.75) is 45.2 Å². The third-order valence-electron chi connectivity index (χ3n) is 2.63. The van der Waals surface area contributed by atoms with Gasteiger partial charge in [-0.3, -0.25) is 0 Å². The van der Waals surface area contributed by atoms with Crippen LogP contribution in [-0.4, -0.2) is 23.8 Å². The summed E-state index contributed by atoms with van der Waals surface area (Å²) in [6.45, 7) is 4.57. The zero-order valence-electron chi connectivity index (χ0n) is 7.51. The van der Waals surface area contributed by atoms with Crippen molar-refractivity contribution in [3.8, 4) is 0 Å². The van der Waals surface area contributed by atoms with Crippen LogP contribution in [0.4, 0.5) is 0 Å². The first kappa shape index (κ1) is 9.01. The van der Waals surface area contributed by atoms with E-state index in [-0.39, 0.29) is 12.6 Å². The average molecular weight is 157 g/mol. The molecule has 2 N–H and O–H groups in total. The second-order valence-electron chi connectivity index (χ2n) is 3.76. The zero-order chi connectivity index (χ0) is 8.27. The highest BCUT2D eigenvalue weighted by Crippen LogP contribution is 2.24. The van der Waals surface area contributed by atoms with Gasteiger partial charge in [0.1, 0.15) is 0 Å². The number of hydrogen-bond donors (Lipinski definition) is 2. The van der Waals surface area contributed by atoms with Crippen molar-refractivity contribution >= 4 is 0 Å². The van der Waals surface area contributed by atoms with Gasteiger partial charge in [0.25, 0.3) is 0 Å². The smallest absolute Gasteiger partial charge is 0.0582 e. The maximum atomic E-state index is 8.82. The molecule has 1 fully saturated rings. The highest BCUT2D eigenvalue weighted by molar-refractivity contribution is 4.81. The molecular formula is C9H19NO. The molecule has 0 saturated heterocycles. The first-order chi connectivity index (χ1) is 5.24. The van der Waals surface area contributed by atoms with Gasteiger partial charge < -0.3 is 10.4 Å². The SMILES string of the molecule is CC1CCCC1N[C@H](C)CO. The number of aliphatic hydroxyl groups excluding tert-OH is 1. The molecule has 1 aliphatic rings. The van der Waals surface area contributed by atoms with Gasteiger partial charge in [-0.15, -0.1) is 0 Å². The summed E-state index contributed by atoms with van der Waals surface area (Å²) in [7, 11) is 0. The van der Waals surface area contributed by atoms with Crippen LogP contribution >= 0.6 is 0 Å². The van der Waals surface area contributed by atoms with Crippen LogP contribution in [0, 0.1) is 5.92 Å². The molecule has 0 bridgehead atoms.